The molecule has 1 aromatic carbocycles. The van der Waals surface area contributed by atoms with Gasteiger partial charge in [-0.05, 0) is 29.8 Å². The lowest BCUT2D eigenvalue weighted by molar-refractivity contribution is 0.202. The summed E-state index contributed by atoms with van der Waals surface area (Å²) < 4.78 is 15.5. The number of aromatic nitrogens is 3. The predicted octanol–water partition coefficient (Wildman–Crippen LogP) is 6.03. The van der Waals surface area contributed by atoms with Crippen molar-refractivity contribution in [2.45, 2.75) is 26.2 Å². The van der Waals surface area contributed by atoms with Gasteiger partial charge in [-0.15, -0.1) is 17.9 Å². The van der Waals surface area contributed by atoms with E-state index in [0.717, 1.165) is 9.91 Å². The highest BCUT2D eigenvalue weighted by Gasteiger charge is 2.27. The first-order valence-electron chi connectivity index (χ1n) is 9.04. The van der Waals surface area contributed by atoms with E-state index in [1.54, 1.807) is 18.2 Å². The fraction of sp³-hybridized carbons (Fsp3) is 0.238. The average molecular weight is 447 g/mol. The van der Waals surface area contributed by atoms with Crippen molar-refractivity contribution in [3.05, 3.63) is 59.2 Å². The van der Waals surface area contributed by atoms with Crippen molar-refractivity contribution in [3.63, 3.8) is 0 Å². The van der Waals surface area contributed by atoms with Crippen LogP contribution in [0.25, 0.3) is 21.8 Å². The summed E-state index contributed by atoms with van der Waals surface area (Å²) in [5, 5.41) is 10.3. The van der Waals surface area contributed by atoms with E-state index in [1.165, 1.54) is 29.7 Å². The van der Waals surface area contributed by atoms with Gasteiger partial charge in [0.05, 0.1) is 27.0 Å². The molecule has 0 radical (unpaired) electrons. The Balaban J connectivity index is 2.25. The van der Waals surface area contributed by atoms with E-state index in [-0.39, 0.29) is 28.5 Å². The van der Waals surface area contributed by atoms with E-state index in [2.05, 4.69) is 16.5 Å². The van der Waals surface area contributed by atoms with Crippen LogP contribution in [0.4, 0.5) is 14.9 Å². The van der Waals surface area contributed by atoms with Crippen LogP contribution >= 0.6 is 22.9 Å². The summed E-state index contributed by atoms with van der Waals surface area (Å²) in [6.45, 7) is 9.53. The highest BCUT2D eigenvalue weighted by molar-refractivity contribution is 7.15. The first-order valence-corrected chi connectivity index (χ1v) is 10.2. The Morgan fingerprint density at radius 2 is 2.07 bits per heavy atom. The summed E-state index contributed by atoms with van der Waals surface area (Å²) in [7, 11) is 0. The summed E-state index contributed by atoms with van der Waals surface area (Å²) in [6.07, 6.45) is 1.64. The van der Waals surface area contributed by atoms with Crippen LogP contribution in [0.3, 0.4) is 0 Å². The third-order valence-corrected chi connectivity index (χ3v) is 5.88. The summed E-state index contributed by atoms with van der Waals surface area (Å²) in [5.74, 6) is -0.686. The molecule has 0 aliphatic rings. The zero-order valence-electron chi connectivity index (χ0n) is 16.7. The van der Waals surface area contributed by atoms with Gasteiger partial charge in [-0.1, -0.05) is 32.9 Å². The number of carboxylic acid groups (broad SMARTS) is 1. The molecule has 2 aromatic heterocycles. The number of thiazole rings is 1. The van der Waals surface area contributed by atoms with E-state index in [9.17, 15) is 9.90 Å². The summed E-state index contributed by atoms with van der Waals surface area (Å²) >= 11 is 7.35. The molecule has 0 saturated carbocycles. The van der Waals surface area contributed by atoms with Gasteiger partial charge in [0, 0.05) is 23.7 Å². The Labute approximate surface area is 182 Å². The van der Waals surface area contributed by atoms with Crippen molar-refractivity contribution in [2.75, 3.05) is 11.4 Å². The maximum Gasteiger partial charge on any atom is 0.412 e. The van der Waals surface area contributed by atoms with Crippen molar-refractivity contribution in [3.8, 4) is 21.8 Å². The van der Waals surface area contributed by atoms with Crippen LogP contribution in [0.1, 0.15) is 25.8 Å². The SMILES string of the molecule is C=CCN(C(=O)O)c1cccc(-c2nc(C(C)(C)C)sc2-c2ccnc(Cl)n2)c1F. The minimum Gasteiger partial charge on any atom is -0.465 e. The third kappa shape index (κ3) is 4.34. The number of halogens is 2. The third-order valence-electron chi connectivity index (χ3n) is 4.19. The molecule has 0 unspecified atom stereocenters. The maximum absolute atomic E-state index is 15.5. The predicted molar refractivity (Wildman–Crippen MR) is 118 cm³/mol. The Hall–Kier alpha value is -2.84. The standard InChI is InChI=1S/C21H20ClFN4O2S/c1-5-11-27(20(28)29)14-8-6-7-12(15(14)23)16-17(13-9-10-24-19(22)25-13)30-18(26-16)21(2,3)4/h5-10H,1,11H2,2-4H3,(H,28,29). The van der Waals surface area contributed by atoms with Crippen molar-refractivity contribution < 1.29 is 14.3 Å². The van der Waals surface area contributed by atoms with Crippen LogP contribution in [-0.2, 0) is 5.41 Å². The minimum atomic E-state index is -1.28. The molecule has 2 heterocycles. The molecule has 3 rings (SSSR count). The van der Waals surface area contributed by atoms with Crippen LogP contribution in [0.2, 0.25) is 5.28 Å². The first-order chi connectivity index (χ1) is 14.1. The van der Waals surface area contributed by atoms with E-state index < -0.39 is 11.9 Å². The molecular formula is C21H20ClFN4O2S. The first kappa shape index (κ1) is 21.9. The second kappa shape index (κ2) is 8.49. The van der Waals surface area contributed by atoms with Crippen LogP contribution in [0.5, 0.6) is 0 Å². The number of amides is 1. The van der Waals surface area contributed by atoms with Crippen LogP contribution in [0, 0.1) is 5.82 Å². The molecule has 0 aliphatic carbocycles. The lowest BCUT2D eigenvalue weighted by Crippen LogP contribution is -2.30. The number of rotatable bonds is 5. The topological polar surface area (TPSA) is 79.2 Å². The molecule has 6 nitrogen and oxygen atoms in total. The number of benzene rings is 1. The molecule has 0 aliphatic heterocycles. The van der Waals surface area contributed by atoms with Crippen LogP contribution < -0.4 is 4.90 Å². The van der Waals surface area contributed by atoms with Crippen LogP contribution in [-0.4, -0.2) is 32.7 Å². The van der Waals surface area contributed by atoms with Gasteiger partial charge in [0.1, 0.15) is 0 Å². The normalized spacial score (nSPS) is 11.4. The van der Waals surface area contributed by atoms with Crippen molar-refractivity contribution in [2.24, 2.45) is 0 Å². The van der Waals surface area contributed by atoms with E-state index >= 15 is 4.39 Å². The molecule has 30 heavy (non-hydrogen) atoms. The summed E-state index contributed by atoms with van der Waals surface area (Å²) in [6, 6.07) is 6.26. The van der Waals surface area contributed by atoms with E-state index in [4.69, 9.17) is 16.6 Å². The van der Waals surface area contributed by atoms with Gasteiger partial charge in [-0.3, -0.25) is 4.90 Å². The average Bonchev–Trinajstić information content (AvgIpc) is 3.12. The second-order valence-electron chi connectivity index (χ2n) is 7.48. The zero-order valence-corrected chi connectivity index (χ0v) is 18.3. The molecule has 9 heteroatoms. The Morgan fingerprint density at radius 3 is 2.67 bits per heavy atom. The summed E-state index contributed by atoms with van der Waals surface area (Å²) in [4.78, 5) is 26.0. The number of hydrogen-bond acceptors (Lipinski definition) is 5. The second-order valence-corrected chi connectivity index (χ2v) is 8.82. The minimum absolute atomic E-state index is 0.0472. The number of hydrogen-bond donors (Lipinski definition) is 1. The molecule has 0 atom stereocenters. The van der Waals surface area contributed by atoms with Gasteiger partial charge >= 0.3 is 6.09 Å². The monoisotopic (exact) mass is 446 g/mol. The van der Waals surface area contributed by atoms with Gasteiger partial charge in [0.25, 0.3) is 0 Å². The largest absolute Gasteiger partial charge is 0.465 e. The number of anilines is 1. The highest BCUT2D eigenvalue weighted by Crippen LogP contribution is 2.42. The van der Waals surface area contributed by atoms with Crippen molar-refractivity contribution in [1.82, 2.24) is 15.0 Å². The highest BCUT2D eigenvalue weighted by atomic mass is 35.5. The molecule has 156 valence electrons. The zero-order chi connectivity index (χ0) is 22.1. The molecule has 0 bridgehead atoms. The summed E-state index contributed by atoms with van der Waals surface area (Å²) in [5.41, 5.74) is 0.724. The Bertz CT molecular complexity index is 1110. The fourth-order valence-corrected chi connectivity index (χ4v) is 4.03. The van der Waals surface area contributed by atoms with Gasteiger partial charge in [-0.2, -0.15) is 0 Å². The lowest BCUT2D eigenvalue weighted by Gasteiger charge is -2.19. The van der Waals surface area contributed by atoms with Crippen LogP contribution in [0.15, 0.2) is 43.1 Å². The Kier molecular flexibility index (Phi) is 6.19. The lowest BCUT2D eigenvalue weighted by atomic mass is 9.98. The van der Waals surface area contributed by atoms with E-state index in [0.29, 0.717) is 16.3 Å². The number of nitrogens with zero attached hydrogens (tertiary/aromatic N) is 4. The van der Waals surface area contributed by atoms with Crippen molar-refractivity contribution in [1.29, 1.82) is 0 Å². The maximum atomic E-state index is 15.5. The van der Waals surface area contributed by atoms with E-state index in [1.807, 2.05) is 20.8 Å². The molecule has 0 fully saturated rings. The van der Waals surface area contributed by atoms with Crippen molar-refractivity contribution >= 4 is 34.7 Å². The molecule has 3 aromatic rings. The quantitative estimate of drug-likeness (QED) is 0.382. The molecule has 1 amide bonds. The van der Waals surface area contributed by atoms with Gasteiger partial charge in [0.15, 0.2) is 5.82 Å². The smallest absolute Gasteiger partial charge is 0.412 e. The van der Waals surface area contributed by atoms with Gasteiger partial charge in [-0.25, -0.2) is 24.1 Å². The molecular weight excluding hydrogens is 427 g/mol. The van der Waals surface area contributed by atoms with Gasteiger partial charge in [0.2, 0.25) is 5.28 Å². The fourth-order valence-electron chi connectivity index (χ4n) is 2.78. The number of carbonyl (C=O) groups is 1. The van der Waals surface area contributed by atoms with Gasteiger partial charge < -0.3 is 5.11 Å². The molecule has 0 spiro atoms. The molecule has 1 N–H and O–H groups in total. The molecule has 0 saturated heterocycles. The Morgan fingerprint density at radius 1 is 1.33 bits per heavy atom.